The van der Waals surface area contributed by atoms with Gasteiger partial charge in [-0.05, 0) is 31.9 Å². The molecule has 0 amide bonds. The van der Waals surface area contributed by atoms with Crippen molar-refractivity contribution in [1.82, 2.24) is 20.1 Å². The second-order valence-corrected chi connectivity index (χ2v) is 7.09. The van der Waals surface area contributed by atoms with E-state index in [4.69, 9.17) is 4.99 Å². The number of hydrogen-bond donors (Lipinski definition) is 2. The third-order valence-corrected chi connectivity index (χ3v) is 5.29. The van der Waals surface area contributed by atoms with Gasteiger partial charge in [-0.3, -0.25) is 9.89 Å². The van der Waals surface area contributed by atoms with Crippen LogP contribution in [0.15, 0.2) is 35.5 Å². The molecule has 1 aromatic heterocycles. The molecule has 9 heteroatoms. The SMILES string of the molecule is CCNC(=NCCc1c[nH]c2ccccc12)N1CCN(C(C)C(F)(F)F)CC1.I. The lowest BCUT2D eigenvalue weighted by molar-refractivity contribution is -0.181. The summed E-state index contributed by atoms with van der Waals surface area (Å²) in [4.78, 5) is 11.5. The van der Waals surface area contributed by atoms with Crippen LogP contribution in [0.4, 0.5) is 13.2 Å². The van der Waals surface area contributed by atoms with Crippen molar-refractivity contribution in [3.8, 4) is 0 Å². The van der Waals surface area contributed by atoms with Gasteiger partial charge in [-0.1, -0.05) is 18.2 Å². The van der Waals surface area contributed by atoms with E-state index in [1.54, 1.807) is 0 Å². The third-order valence-electron chi connectivity index (χ3n) is 5.29. The number of aromatic nitrogens is 1. The lowest BCUT2D eigenvalue weighted by Gasteiger charge is -2.39. The summed E-state index contributed by atoms with van der Waals surface area (Å²) in [5.74, 6) is 0.779. The van der Waals surface area contributed by atoms with E-state index in [2.05, 4.69) is 21.3 Å². The zero-order valence-electron chi connectivity index (χ0n) is 16.8. The van der Waals surface area contributed by atoms with Gasteiger partial charge >= 0.3 is 6.18 Å². The molecule has 2 heterocycles. The maximum absolute atomic E-state index is 12.9. The minimum absolute atomic E-state index is 0. The van der Waals surface area contributed by atoms with Crippen molar-refractivity contribution >= 4 is 40.8 Å². The van der Waals surface area contributed by atoms with E-state index in [-0.39, 0.29) is 24.0 Å². The minimum atomic E-state index is -4.18. The molecule has 29 heavy (non-hydrogen) atoms. The summed E-state index contributed by atoms with van der Waals surface area (Å²) in [5.41, 5.74) is 2.34. The molecule has 0 saturated carbocycles. The normalized spacial score (nSPS) is 17.3. The molecule has 1 unspecified atom stereocenters. The quantitative estimate of drug-likeness (QED) is 0.356. The standard InChI is InChI=1S/C20H28F3N5.HI/c1-3-24-19(28-12-10-27(11-13-28)15(2)20(21,22)23)25-9-8-16-14-26-18-7-5-4-6-17(16)18;/h4-7,14-15,26H,3,8-13H2,1-2H3,(H,24,25);1H. The average molecular weight is 523 g/mol. The molecule has 1 aliphatic rings. The van der Waals surface area contributed by atoms with Crippen molar-refractivity contribution in [2.45, 2.75) is 32.5 Å². The van der Waals surface area contributed by atoms with Crippen molar-refractivity contribution in [3.63, 3.8) is 0 Å². The largest absolute Gasteiger partial charge is 0.403 e. The van der Waals surface area contributed by atoms with Crippen LogP contribution in [0.3, 0.4) is 0 Å². The maximum atomic E-state index is 12.9. The first-order valence-electron chi connectivity index (χ1n) is 9.79. The second-order valence-electron chi connectivity index (χ2n) is 7.09. The van der Waals surface area contributed by atoms with Gasteiger partial charge in [0.05, 0.1) is 0 Å². The van der Waals surface area contributed by atoms with Gasteiger partial charge in [0.15, 0.2) is 5.96 Å². The molecule has 162 valence electrons. The number of para-hydroxylation sites is 1. The smallest absolute Gasteiger partial charge is 0.361 e. The highest BCUT2D eigenvalue weighted by Gasteiger charge is 2.41. The van der Waals surface area contributed by atoms with Gasteiger partial charge in [0.1, 0.15) is 6.04 Å². The Bertz CT molecular complexity index is 797. The van der Waals surface area contributed by atoms with Gasteiger partial charge < -0.3 is 15.2 Å². The van der Waals surface area contributed by atoms with E-state index in [0.717, 1.165) is 24.4 Å². The molecule has 1 saturated heterocycles. The molecule has 0 bridgehead atoms. The number of benzene rings is 1. The highest BCUT2D eigenvalue weighted by molar-refractivity contribution is 14.0. The number of aromatic amines is 1. The zero-order chi connectivity index (χ0) is 20.1. The summed E-state index contributed by atoms with van der Waals surface area (Å²) >= 11 is 0. The first-order valence-corrected chi connectivity index (χ1v) is 9.79. The summed E-state index contributed by atoms with van der Waals surface area (Å²) in [6, 6.07) is 6.76. The third kappa shape index (κ3) is 6.00. The molecule has 0 aliphatic carbocycles. The van der Waals surface area contributed by atoms with Crippen LogP contribution in [0.25, 0.3) is 10.9 Å². The van der Waals surface area contributed by atoms with Gasteiger partial charge in [-0.2, -0.15) is 13.2 Å². The highest BCUT2D eigenvalue weighted by atomic mass is 127. The summed E-state index contributed by atoms with van der Waals surface area (Å²) in [7, 11) is 0. The second kappa shape index (κ2) is 10.5. The van der Waals surface area contributed by atoms with E-state index in [1.165, 1.54) is 22.8 Å². The molecule has 2 aromatic rings. The Labute approximate surface area is 186 Å². The van der Waals surface area contributed by atoms with E-state index in [9.17, 15) is 13.2 Å². The molecule has 0 spiro atoms. The summed E-state index contributed by atoms with van der Waals surface area (Å²) in [6.45, 7) is 6.43. The Morgan fingerprint density at radius 1 is 1.21 bits per heavy atom. The number of guanidine groups is 1. The molecule has 1 aliphatic heterocycles. The van der Waals surface area contributed by atoms with Crippen molar-refractivity contribution in [1.29, 1.82) is 0 Å². The van der Waals surface area contributed by atoms with Crippen LogP contribution in [0.5, 0.6) is 0 Å². The number of alkyl halides is 3. The molecule has 0 radical (unpaired) electrons. The van der Waals surface area contributed by atoms with Crippen LogP contribution in [0.2, 0.25) is 0 Å². The fourth-order valence-corrected chi connectivity index (χ4v) is 3.57. The van der Waals surface area contributed by atoms with Crippen LogP contribution in [0.1, 0.15) is 19.4 Å². The molecule has 1 atom stereocenters. The Kier molecular flexibility index (Phi) is 8.62. The Balaban J connectivity index is 0.00000300. The van der Waals surface area contributed by atoms with E-state index in [1.807, 2.05) is 31.3 Å². The lowest BCUT2D eigenvalue weighted by Crippen LogP contribution is -2.56. The fraction of sp³-hybridized carbons (Fsp3) is 0.550. The van der Waals surface area contributed by atoms with E-state index in [0.29, 0.717) is 32.7 Å². The van der Waals surface area contributed by atoms with Crippen LogP contribution in [-0.4, -0.2) is 72.2 Å². The Morgan fingerprint density at radius 2 is 1.90 bits per heavy atom. The molecular formula is C20H29F3IN5. The number of aliphatic imine (C=N–C) groups is 1. The first-order chi connectivity index (χ1) is 13.4. The predicted molar refractivity (Wildman–Crippen MR) is 122 cm³/mol. The lowest BCUT2D eigenvalue weighted by atomic mass is 10.1. The number of fused-ring (bicyclic) bond motifs is 1. The Morgan fingerprint density at radius 3 is 2.55 bits per heavy atom. The number of nitrogens with one attached hydrogen (secondary N) is 2. The summed E-state index contributed by atoms with van der Waals surface area (Å²) in [5, 5.41) is 4.48. The fourth-order valence-electron chi connectivity index (χ4n) is 3.57. The molecule has 1 aromatic carbocycles. The number of piperazine rings is 1. The molecular weight excluding hydrogens is 494 g/mol. The van der Waals surface area contributed by atoms with Gasteiger partial charge in [-0.25, -0.2) is 0 Å². The van der Waals surface area contributed by atoms with Gasteiger partial charge in [0.25, 0.3) is 0 Å². The van der Waals surface area contributed by atoms with Crippen molar-refractivity contribution < 1.29 is 13.2 Å². The summed E-state index contributed by atoms with van der Waals surface area (Å²) < 4.78 is 38.8. The van der Waals surface area contributed by atoms with Crippen molar-refractivity contribution in [3.05, 3.63) is 36.0 Å². The number of H-pyrrole nitrogens is 1. The number of nitrogens with zero attached hydrogens (tertiary/aromatic N) is 3. The molecule has 3 rings (SSSR count). The van der Waals surface area contributed by atoms with Gasteiger partial charge in [-0.15, -0.1) is 24.0 Å². The number of rotatable bonds is 5. The summed E-state index contributed by atoms with van der Waals surface area (Å²) in [6.07, 6.45) is -1.35. The highest BCUT2D eigenvalue weighted by Crippen LogP contribution is 2.25. The van der Waals surface area contributed by atoms with Crippen molar-refractivity contribution in [2.24, 2.45) is 4.99 Å². The monoisotopic (exact) mass is 523 g/mol. The topological polar surface area (TPSA) is 46.7 Å². The van der Waals surface area contributed by atoms with Crippen molar-refractivity contribution in [2.75, 3.05) is 39.3 Å². The minimum Gasteiger partial charge on any atom is -0.361 e. The maximum Gasteiger partial charge on any atom is 0.403 e. The molecule has 2 N–H and O–H groups in total. The van der Waals surface area contributed by atoms with Crippen LogP contribution < -0.4 is 5.32 Å². The first kappa shape index (κ1) is 23.8. The number of hydrogen-bond acceptors (Lipinski definition) is 2. The molecule has 5 nitrogen and oxygen atoms in total. The van der Waals surface area contributed by atoms with Crippen LogP contribution in [0, 0.1) is 0 Å². The van der Waals surface area contributed by atoms with E-state index < -0.39 is 12.2 Å². The zero-order valence-corrected chi connectivity index (χ0v) is 19.1. The predicted octanol–water partition coefficient (Wildman–Crippen LogP) is 3.86. The molecule has 1 fully saturated rings. The average Bonchev–Trinajstić information content (AvgIpc) is 3.09. The van der Waals surface area contributed by atoms with Gasteiger partial charge in [0, 0.05) is 56.4 Å². The van der Waals surface area contributed by atoms with Crippen LogP contribution in [-0.2, 0) is 6.42 Å². The Hall–Kier alpha value is -1.49. The number of halogens is 4. The van der Waals surface area contributed by atoms with E-state index >= 15 is 0 Å². The van der Waals surface area contributed by atoms with Gasteiger partial charge in [0.2, 0.25) is 0 Å². The van der Waals surface area contributed by atoms with Crippen LogP contribution >= 0.6 is 24.0 Å².